The Morgan fingerprint density at radius 1 is 1.35 bits per heavy atom. The highest BCUT2D eigenvalue weighted by Gasteiger charge is 2.21. The molecule has 0 aliphatic heterocycles. The summed E-state index contributed by atoms with van der Waals surface area (Å²) in [6.45, 7) is 1.96. The van der Waals surface area contributed by atoms with Crippen molar-refractivity contribution < 1.29 is 17.9 Å². The van der Waals surface area contributed by atoms with Crippen LogP contribution in [0.25, 0.3) is 0 Å². The molecule has 0 heterocycles. The third-order valence-electron chi connectivity index (χ3n) is 2.27. The van der Waals surface area contributed by atoms with Gasteiger partial charge in [0.15, 0.2) is 0 Å². The van der Waals surface area contributed by atoms with Crippen molar-refractivity contribution in [3.63, 3.8) is 0 Å². The lowest BCUT2D eigenvalue weighted by Crippen LogP contribution is -2.31. The van der Waals surface area contributed by atoms with Crippen molar-refractivity contribution in [1.82, 2.24) is 0 Å². The predicted octanol–water partition coefficient (Wildman–Crippen LogP) is 1.26. The van der Waals surface area contributed by atoms with Gasteiger partial charge in [-0.15, -0.1) is 0 Å². The second kappa shape index (κ2) is 5.18. The van der Waals surface area contributed by atoms with Gasteiger partial charge in [0.1, 0.15) is 0 Å². The Labute approximate surface area is 101 Å². The van der Waals surface area contributed by atoms with Gasteiger partial charge in [-0.1, -0.05) is 12.1 Å². The molecule has 0 fully saturated rings. The smallest absolute Gasteiger partial charge is 0.340 e. The monoisotopic (exact) mass is 257 g/mol. The molecular formula is C11H15NO4S. The Morgan fingerprint density at radius 3 is 2.41 bits per heavy atom. The van der Waals surface area contributed by atoms with E-state index >= 15 is 0 Å². The van der Waals surface area contributed by atoms with Crippen molar-refractivity contribution >= 4 is 21.7 Å². The summed E-state index contributed by atoms with van der Waals surface area (Å²) in [5.41, 5.74) is 0.576. The van der Waals surface area contributed by atoms with E-state index in [0.29, 0.717) is 5.69 Å². The van der Waals surface area contributed by atoms with E-state index in [1.807, 2.05) is 0 Å². The number of sulfonamides is 1. The van der Waals surface area contributed by atoms with Crippen LogP contribution in [-0.2, 0) is 14.8 Å². The highest BCUT2D eigenvalue weighted by Crippen LogP contribution is 2.23. The van der Waals surface area contributed by atoms with E-state index in [2.05, 4.69) is 4.74 Å². The molecule has 0 saturated heterocycles. The van der Waals surface area contributed by atoms with E-state index in [0.717, 1.165) is 6.26 Å². The van der Waals surface area contributed by atoms with Crippen LogP contribution in [0.15, 0.2) is 24.3 Å². The molecule has 6 heteroatoms. The normalized spacial score (nSPS) is 11.0. The number of carbonyl (C=O) groups excluding carboxylic acids is 1. The predicted molar refractivity (Wildman–Crippen MR) is 65.6 cm³/mol. The summed E-state index contributed by atoms with van der Waals surface area (Å²) in [6.07, 6.45) is 1.10. The number of esters is 1. The van der Waals surface area contributed by atoms with Crippen LogP contribution in [0.5, 0.6) is 0 Å². The van der Waals surface area contributed by atoms with Crippen molar-refractivity contribution in [2.45, 2.75) is 6.92 Å². The molecule has 0 aliphatic rings. The largest absolute Gasteiger partial charge is 0.465 e. The lowest BCUT2D eigenvalue weighted by molar-refractivity contribution is 0.0601. The van der Waals surface area contributed by atoms with E-state index in [1.165, 1.54) is 17.5 Å². The van der Waals surface area contributed by atoms with Gasteiger partial charge in [0.05, 0.1) is 24.6 Å². The third-order valence-corrected chi connectivity index (χ3v) is 3.52. The Bertz CT molecular complexity index is 510. The molecule has 0 atom stereocenters. The minimum absolute atomic E-state index is 0.238. The molecular weight excluding hydrogens is 242 g/mol. The lowest BCUT2D eigenvalue weighted by atomic mass is 10.2. The minimum atomic E-state index is -3.41. The molecule has 0 radical (unpaired) electrons. The average molecular weight is 257 g/mol. The summed E-state index contributed by atoms with van der Waals surface area (Å²) in [5, 5.41) is 0. The number of anilines is 1. The third kappa shape index (κ3) is 2.97. The average Bonchev–Trinajstić information content (AvgIpc) is 2.28. The van der Waals surface area contributed by atoms with Crippen LogP contribution in [0, 0.1) is 0 Å². The van der Waals surface area contributed by atoms with Gasteiger partial charge in [0, 0.05) is 6.54 Å². The zero-order valence-electron chi connectivity index (χ0n) is 10.0. The molecule has 0 aromatic heterocycles. The highest BCUT2D eigenvalue weighted by atomic mass is 32.2. The SMILES string of the molecule is CCN(c1ccccc1C(=O)OC)S(C)(=O)=O. The number of methoxy groups -OCH3 is 1. The molecule has 0 spiro atoms. The van der Waals surface area contributed by atoms with E-state index in [-0.39, 0.29) is 12.1 Å². The molecule has 1 aromatic carbocycles. The summed E-state index contributed by atoms with van der Waals surface area (Å²) < 4.78 is 29.0. The maximum Gasteiger partial charge on any atom is 0.340 e. The minimum Gasteiger partial charge on any atom is -0.465 e. The first-order valence-corrected chi connectivity index (χ1v) is 6.91. The van der Waals surface area contributed by atoms with E-state index < -0.39 is 16.0 Å². The van der Waals surface area contributed by atoms with Crippen molar-refractivity contribution in [2.75, 3.05) is 24.2 Å². The number of para-hydroxylation sites is 1. The highest BCUT2D eigenvalue weighted by molar-refractivity contribution is 7.92. The van der Waals surface area contributed by atoms with Crippen molar-refractivity contribution in [1.29, 1.82) is 0 Å². The summed E-state index contributed by atoms with van der Waals surface area (Å²) in [5.74, 6) is -0.553. The first-order chi connectivity index (χ1) is 7.91. The second-order valence-corrected chi connectivity index (χ2v) is 5.34. The van der Waals surface area contributed by atoms with Crippen molar-refractivity contribution in [2.24, 2.45) is 0 Å². The van der Waals surface area contributed by atoms with Crippen LogP contribution >= 0.6 is 0 Å². The van der Waals surface area contributed by atoms with E-state index in [9.17, 15) is 13.2 Å². The molecule has 0 aliphatic carbocycles. The molecule has 0 saturated carbocycles. The van der Waals surface area contributed by atoms with Crippen LogP contribution in [0.1, 0.15) is 17.3 Å². The number of ether oxygens (including phenoxy) is 1. The van der Waals surface area contributed by atoms with Gasteiger partial charge in [-0.25, -0.2) is 13.2 Å². The summed E-state index contributed by atoms with van der Waals surface area (Å²) in [7, 11) is -2.15. The topological polar surface area (TPSA) is 63.7 Å². The first kappa shape index (κ1) is 13.5. The number of benzene rings is 1. The Morgan fingerprint density at radius 2 is 1.94 bits per heavy atom. The summed E-state index contributed by atoms with van der Waals surface area (Å²) in [6, 6.07) is 6.45. The van der Waals surface area contributed by atoms with E-state index in [4.69, 9.17) is 0 Å². The maximum absolute atomic E-state index is 11.6. The van der Waals surface area contributed by atoms with Gasteiger partial charge in [-0.05, 0) is 19.1 Å². The number of carbonyl (C=O) groups is 1. The number of hydrogen-bond donors (Lipinski definition) is 0. The molecule has 5 nitrogen and oxygen atoms in total. The summed E-state index contributed by atoms with van der Waals surface area (Å²) >= 11 is 0. The Hall–Kier alpha value is -1.56. The summed E-state index contributed by atoms with van der Waals surface area (Å²) in [4.78, 5) is 11.5. The standard InChI is InChI=1S/C11H15NO4S/c1-4-12(17(3,14)15)10-8-6-5-7-9(10)11(13)16-2/h5-8H,4H2,1-3H3. The van der Waals surface area contributed by atoms with Crippen LogP contribution in [-0.4, -0.2) is 34.3 Å². The molecule has 1 aromatic rings. The van der Waals surface area contributed by atoms with Gasteiger partial charge < -0.3 is 4.74 Å². The first-order valence-electron chi connectivity index (χ1n) is 5.06. The Kier molecular flexibility index (Phi) is 4.11. The van der Waals surface area contributed by atoms with Crippen LogP contribution in [0.3, 0.4) is 0 Å². The van der Waals surface area contributed by atoms with Crippen molar-refractivity contribution in [3.8, 4) is 0 Å². The van der Waals surface area contributed by atoms with Crippen molar-refractivity contribution in [3.05, 3.63) is 29.8 Å². The molecule has 0 amide bonds. The van der Waals surface area contributed by atoms with Gasteiger partial charge in [-0.3, -0.25) is 4.31 Å². The molecule has 1 rings (SSSR count). The van der Waals surface area contributed by atoms with Crippen LogP contribution < -0.4 is 4.31 Å². The van der Waals surface area contributed by atoms with Gasteiger partial charge in [0.2, 0.25) is 10.0 Å². The number of rotatable bonds is 4. The van der Waals surface area contributed by atoms with E-state index in [1.54, 1.807) is 25.1 Å². The van der Waals surface area contributed by atoms with Crippen LogP contribution in [0.2, 0.25) is 0 Å². The molecule has 0 N–H and O–H groups in total. The molecule has 0 bridgehead atoms. The zero-order valence-corrected chi connectivity index (χ0v) is 10.8. The van der Waals surface area contributed by atoms with Gasteiger partial charge >= 0.3 is 5.97 Å². The fourth-order valence-electron chi connectivity index (χ4n) is 1.56. The quantitative estimate of drug-likeness (QED) is 0.762. The van der Waals surface area contributed by atoms with Gasteiger partial charge in [-0.2, -0.15) is 0 Å². The van der Waals surface area contributed by atoms with Gasteiger partial charge in [0.25, 0.3) is 0 Å². The maximum atomic E-state index is 11.6. The molecule has 0 unspecified atom stereocenters. The number of nitrogens with zero attached hydrogens (tertiary/aromatic N) is 1. The number of hydrogen-bond acceptors (Lipinski definition) is 4. The molecule has 94 valence electrons. The van der Waals surface area contributed by atoms with Crippen LogP contribution in [0.4, 0.5) is 5.69 Å². The second-order valence-electron chi connectivity index (χ2n) is 3.44. The fourth-order valence-corrected chi connectivity index (χ4v) is 2.54. The Balaban J connectivity index is 3.35. The fraction of sp³-hybridized carbons (Fsp3) is 0.364. The molecule has 17 heavy (non-hydrogen) atoms. The lowest BCUT2D eigenvalue weighted by Gasteiger charge is -2.22. The zero-order chi connectivity index (χ0) is 13.1.